The average Bonchev–Trinajstić information content (AvgIpc) is 3.28. The molecule has 5 nitrogen and oxygen atoms in total. The Balaban J connectivity index is 1.91. The van der Waals surface area contributed by atoms with Gasteiger partial charge in [-0.15, -0.1) is 0 Å². The molecule has 0 spiro atoms. The van der Waals surface area contributed by atoms with E-state index in [2.05, 4.69) is 0 Å². The van der Waals surface area contributed by atoms with E-state index in [1.807, 2.05) is 30.3 Å². The second-order valence-electron chi connectivity index (χ2n) is 7.03. The standard InChI is InChI=1S/C25H18Cl2O5/c1-30-25(29)23(16-8-10-21-22(13-16)32-14-31-21)18(11-15-5-3-2-4-6-15)24(28)17-7-9-19(26)20(27)12-17/h2-10,12-13H,11,14H2,1H3/b23-18-. The quantitative estimate of drug-likeness (QED) is 0.261. The Morgan fingerprint density at radius 2 is 1.59 bits per heavy atom. The molecule has 162 valence electrons. The second-order valence-corrected chi connectivity index (χ2v) is 7.85. The molecule has 0 fully saturated rings. The van der Waals surface area contributed by atoms with Crippen molar-refractivity contribution in [3.8, 4) is 11.5 Å². The number of carbonyl (C=O) groups excluding carboxylic acids is 2. The Labute approximate surface area is 195 Å². The highest BCUT2D eigenvalue weighted by Crippen LogP contribution is 2.36. The molecule has 0 aliphatic carbocycles. The number of allylic oxidation sites excluding steroid dienone is 1. The lowest BCUT2D eigenvalue weighted by atomic mass is 9.89. The van der Waals surface area contributed by atoms with Crippen molar-refractivity contribution >= 4 is 40.5 Å². The van der Waals surface area contributed by atoms with Crippen LogP contribution < -0.4 is 9.47 Å². The lowest BCUT2D eigenvalue weighted by Crippen LogP contribution is -2.15. The molecule has 0 saturated carbocycles. The number of hydrogen-bond donors (Lipinski definition) is 0. The van der Waals surface area contributed by atoms with Crippen molar-refractivity contribution in [1.29, 1.82) is 0 Å². The van der Waals surface area contributed by atoms with Gasteiger partial charge in [0.25, 0.3) is 0 Å². The van der Waals surface area contributed by atoms with Gasteiger partial charge in [-0.05, 0) is 41.5 Å². The van der Waals surface area contributed by atoms with E-state index in [0.29, 0.717) is 27.6 Å². The van der Waals surface area contributed by atoms with Gasteiger partial charge in [0, 0.05) is 17.6 Å². The molecule has 0 radical (unpaired) electrons. The zero-order valence-corrected chi connectivity index (χ0v) is 18.6. The highest BCUT2D eigenvalue weighted by molar-refractivity contribution is 6.42. The molecule has 0 aromatic heterocycles. The summed E-state index contributed by atoms with van der Waals surface area (Å²) in [6, 6.07) is 19.1. The summed E-state index contributed by atoms with van der Waals surface area (Å²) in [4.78, 5) is 26.6. The van der Waals surface area contributed by atoms with E-state index in [0.717, 1.165) is 5.56 Å². The number of rotatable bonds is 6. The third-order valence-electron chi connectivity index (χ3n) is 5.03. The van der Waals surface area contributed by atoms with Gasteiger partial charge in [0.15, 0.2) is 17.3 Å². The molecule has 1 aliphatic rings. The van der Waals surface area contributed by atoms with E-state index in [1.165, 1.54) is 13.2 Å². The van der Waals surface area contributed by atoms with Crippen LogP contribution in [0.3, 0.4) is 0 Å². The fraction of sp³-hybridized carbons (Fsp3) is 0.120. The molecule has 0 saturated heterocycles. The SMILES string of the molecule is COC(=O)/C(=C(/Cc1ccccc1)C(=O)c1ccc(Cl)c(Cl)c1)c1ccc2c(c1)OCO2. The van der Waals surface area contributed by atoms with Crippen LogP contribution in [0, 0.1) is 0 Å². The Bertz CT molecular complexity index is 1220. The summed E-state index contributed by atoms with van der Waals surface area (Å²) in [5.41, 5.74) is 2.07. The Morgan fingerprint density at radius 1 is 0.875 bits per heavy atom. The summed E-state index contributed by atoms with van der Waals surface area (Å²) in [7, 11) is 1.28. The molecule has 0 N–H and O–H groups in total. The van der Waals surface area contributed by atoms with Gasteiger partial charge in [-0.2, -0.15) is 0 Å². The van der Waals surface area contributed by atoms with Gasteiger partial charge < -0.3 is 14.2 Å². The normalized spacial score (nSPS) is 12.8. The van der Waals surface area contributed by atoms with Crippen molar-refractivity contribution in [1.82, 2.24) is 0 Å². The summed E-state index contributed by atoms with van der Waals surface area (Å²) in [6.45, 7) is 0.0924. The predicted molar refractivity (Wildman–Crippen MR) is 122 cm³/mol. The first kappa shape index (κ1) is 21.9. The van der Waals surface area contributed by atoms with Crippen molar-refractivity contribution in [2.75, 3.05) is 13.9 Å². The molecule has 3 aromatic carbocycles. The second kappa shape index (κ2) is 9.47. The van der Waals surface area contributed by atoms with Crippen molar-refractivity contribution in [3.05, 3.63) is 99.0 Å². The van der Waals surface area contributed by atoms with Crippen molar-refractivity contribution in [2.24, 2.45) is 0 Å². The first-order valence-electron chi connectivity index (χ1n) is 9.73. The van der Waals surface area contributed by atoms with E-state index in [9.17, 15) is 9.59 Å². The Kier molecular flexibility index (Phi) is 6.49. The number of methoxy groups -OCH3 is 1. The predicted octanol–water partition coefficient (Wildman–Crippen LogP) is 5.77. The minimum atomic E-state index is -0.636. The average molecular weight is 469 g/mol. The van der Waals surface area contributed by atoms with Crippen LogP contribution in [0.1, 0.15) is 21.5 Å². The highest BCUT2D eigenvalue weighted by atomic mass is 35.5. The molecule has 1 heterocycles. The van der Waals surface area contributed by atoms with E-state index in [1.54, 1.807) is 30.3 Å². The number of ether oxygens (including phenoxy) is 3. The molecule has 7 heteroatoms. The van der Waals surface area contributed by atoms with Crippen LogP contribution in [0.15, 0.2) is 72.3 Å². The number of carbonyl (C=O) groups is 2. The van der Waals surface area contributed by atoms with Crippen LogP contribution in [-0.4, -0.2) is 25.7 Å². The van der Waals surface area contributed by atoms with E-state index in [4.69, 9.17) is 37.4 Å². The molecule has 0 unspecified atom stereocenters. The largest absolute Gasteiger partial charge is 0.465 e. The first-order valence-corrected chi connectivity index (χ1v) is 10.5. The van der Waals surface area contributed by atoms with Crippen LogP contribution >= 0.6 is 23.2 Å². The summed E-state index contributed by atoms with van der Waals surface area (Å²) in [5, 5.41) is 0.583. The zero-order chi connectivity index (χ0) is 22.7. The fourth-order valence-electron chi connectivity index (χ4n) is 3.46. The van der Waals surface area contributed by atoms with Crippen molar-refractivity contribution < 1.29 is 23.8 Å². The van der Waals surface area contributed by atoms with E-state index < -0.39 is 5.97 Å². The number of benzene rings is 3. The maximum atomic E-state index is 13.7. The molecule has 4 rings (SSSR count). The number of esters is 1. The van der Waals surface area contributed by atoms with Gasteiger partial charge in [-0.3, -0.25) is 4.79 Å². The lowest BCUT2D eigenvalue weighted by Gasteiger charge is -2.15. The number of hydrogen-bond acceptors (Lipinski definition) is 5. The van der Waals surface area contributed by atoms with Crippen molar-refractivity contribution in [2.45, 2.75) is 6.42 Å². The Hall–Kier alpha value is -3.28. The van der Waals surface area contributed by atoms with E-state index >= 15 is 0 Å². The van der Waals surface area contributed by atoms with Crippen LogP contribution in [0.2, 0.25) is 10.0 Å². The van der Waals surface area contributed by atoms with Crippen LogP contribution in [0.25, 0.3) is 5.57 Å². The number of Topliss-reactive ketones (excluding diaryl/α,β-unsaturated/α-hetero) is 1. The molecule has 1 aliphatic heterocycles. The van der Waals surface area contributed by atoms with E-state index in [-0.39, 0.29) is 35.2 Å². The van der Waals surface area contributed by atoms with Gasteiger partial charge >= 0.3 is 5.97 Å². The molecule has 3 aromatic rings. The van der Waals surface area contributed by atoms with Crippen LogP contribution in [0.4, 0.5) is 0 Å². The van der Waals surface area contributed by atoms with Crippen molar-refractivity contribution in [3.63, 3.8) is 0 Å². The minimum Gasteiger partial charge on any atom is -0.465 e. The van der Waals surface area contributed by atoms with Gasteiger partial charge in [0.1, 0.15) is 0 Å². The summed E-state index contributed by atoms with van der Waals surface area (Å²) in [5.74, 6) is 0.0667. The van der Waals surface area contributed by atoms with Gasteiger partial charge in [-0.1, -0.05) is 59.6 Å². The molecule has 0 bridgehead atoms. The topological polar surface area (TPSA) is 61.8 Å². The molecule has 0 amide bonds. The number of halogens is 2. The number of fused-ring (bicyclic) bond motifs is 1. The van der Waals surface area contributed by atoms with Gasteiger partial charge in [-0.25, -0.2) is 4.79 Å². The smallest absolute Gasteiger partial charge is 0.338 e. The third-order valence-corrected chi connectivity index (χ3v) is 5.77. The highest BCUT2D eigenvalue weighted by Gasteiger charge is 2.26. The minimum absolute atomic E-state index is 0.0924. The molecule has 32 heavy (non-hydrogen) atoms. The fourth-order valence-corrected chi connectivity index (χ4v) is 3.76. The first-order chi connectivity index (χ1) is 15.5. The lowest BCUT2D eigenvalue weighted by molar-refractivity contribution is -0.133. The summed E-state index contributed by atoms with van der Waals surface area (Å²) >= 11 is 12.2. The monoisotopic (exact) mass is 468 g/mol. The third kappa shape index (κ3) is 4.49. The maximum Gasteiger partial charge on any atom is 0.338 e. The molecular weight excluding hydrogens is 451 g/mol. The maximum absolute atomic E-state index is 13.7. The van der Waals surface area contributed by atoms with Crippen LogP contribution in [-0.2, 0) is 16.0 Å². The molecular formula is C25H18Cl2O5. The van der Waals surface area contributed by atoms with Crippen LogP contribution in [0.5, 0.6) is 11.5 Å². The Morgan fingerprint density at radius 3 is 2.31 bits per heavy atom. The summed E-state index contributed by atoms with van der Waals surface area (Å²) in [6.07, 6.45) is 0.207. The van der Waals surface area contributed by atoms with Gasteiger partial charge in [0.2, 0.25) is 6.79 Å². The summed E-state index contributed by atoms with van der Waals surface area (Å²) < 4.78 is 15.9. The zero-order valence-electron chi connectivity index (χ0n) is 17.1. The van der Waals surface area contributed by atoms with Gasteiger partial charge in [0.05, 0.1) is 22.7 Å². The number of ketones is 1. The molecule has 0 atom stereocenters.